The van der Waals surface area contributed by atoms with Crippen LogP contribution in [-0.2, 0) is 0 Å². The number of rotatable bonds is 3. The largest absolute Gasteiger partial charge is 0.426 e. The molecule has 2 aromatic rings. The van der Waals surface area contributed by atoms with E-state index in [0.717, 1.165) is 23.0 Å². The third-order valence-electron chi connectivity index (χ3n) is 2.73. The first kappa shape index (κ1) is 11.6. The van der Waals surface area contributed by atoms with E-state index in [2.05, 4.69) is 0 Å². The number of carbonyl (C=O) groups excluding carboxylic acids is 1. The molecule has 0 aliphatic heterocycles. The zero-order chi connectivity index (χ0) is 12.4. The summed E-state index contributed by atoms with van der Waals surface area (Å²) in [7, 11) is 0. The summed E-state index contributed by atoms with van der Waals surface area (Å²) in [6.07, 6.45) is 2.08. The van der Waals surface area contributed by atoms with Crippen LogP contribution in [0.1, 0.15) is 36.5 Å². The number of aromatic nitrogens is 1. The van der Waals surface area contributed by atoms with E-state index in [1.807, 2.05) is 19.9 Å². The number of fused-ring (bicyclic) bond motifs is 1. The average Bonchev–Trinajstić information content (AvgIpc) is 2.61. The molecule has 1 aromatic heterocycles. The van der Waals surface area contributed by atoms with Gasteiger partial charge in [-0.25, -0.2) is 9.36 Å². The molecule has 0 saturated carbocycles. The standard InChI is InChI=1S/C13H15NO3/c1-3-4-5-12(15)14-10-7-6-9(2)8-11(10)17-13(14)16/h6-8H,3-5H2,1-2H3. The number of benzene rings is 1. The molecule has 1 aromatic carbocycles. The van der Waals surface area contributed by atoms with Crippen LogP contribution < -0.4 is 5.76 Å². The van der Waals surface area contributed by atoms with Gasteiger partial charge in [0.2, 0.25) is 5.91 Å². The summed E-state index contributed by atoms with van der Waals surface area (Å²) < 4.78 is 6.20. The second-order valence-electron chi connectivity index (χ2n) is 4.17. The molecule has 2 rings (SSSR count). The molecule has 4 nitrogen and oxygen atoms in total. The minimum absolute atomic E-state index is 0.195. The lowest BCUT2D eigenvalue weighted by Crippen LogP contribution is -2.22. The van der Waals surface area contributed by atoms with E-state index >= 15 is 0 Å². The van der Waals surface area contributed by atoms with Crippen LogP contribution in [0.25, 0.3) is 11.1 Å². The molecule has 0 fully saturated rings. The number of nitrogens with zero attached hydrogens (tertiary/aromatic N) is 1. The summed E-state index contributed by atoms with van der Waals surface area (Å²) in [5.74, 6) is -0.786. The summed E-state index contributed by atoms with van der Waals surface area (Å²) >= 11 is 0. The Morgan fingerprint density at radius 1 is 1.41 bits per heavy atom. The van der Waals surface area contributed by atoms with Crippen molar-refractivity contribution in [3.63, 3.8) is 0 Å². The van der Waals surface area contributed by atoms with Gasteiger partial charge in [-0.3, -0.25) is 4.79 Å². The van der Waals surface area contributed by atoms with Crippen molar-refractivity contribution in [2.24, 2.45) is 0 Å². The maximum absolute atomic E-state index is 11.9. The van der Waals surface area contributed by atoms with Gasteiger partial charge in [0.05, 0.1) is 5.52 Å². The molecule has 4 heteroatoms. The van der Waals surface area contributed by atoms with Gasteiger partial charge >= 0.3 is 5.76 Å². The summed E-state index contributed by atoms with van der Waals surface area (Å²) in [5, 5.41) is 0. The van der Waals surface area contributed by atoms with Crippen LogP contribution in [-0.4, -0.2) is 10.5 Å². The third kappa shape index (κ3) is 2.16. The monoisotopic (exact) mass is 233 g/mol. The molecule has 0 radical (unpaired) electrons. The normalized spacial score (nSPS) is 10.9. The predicted molar refractivity (Wildman–Crippen MR) is 65.4 cm³/mol. The average molecular weight is 233 g/mol. The molecule has 0 spiro atoms. The quantitative estimate of drug-likeness (QED) is 0.819. The minimum atomic E-state index is -0.591. The maximum Gasteiger partial charge on any atom is 0.426 e. The molecule has 90 valence electrons. The first-order valence-electron chi connectivity index (χ1n) is 5.79. The molecule has 1 heterocycles. The zero-order valence-electron chi connectivity index (χ0n) is 10.0. The molecule has 0 unspecified atom stereocenters. The van der Waals surface area contributed by atoms with Crippen LogP contribution in [0, 0.1) is 6.92 Å². The van der Waals surface area contributed by atoms with E-state index in [-0.39, 0.29) is 5.91 Å². The second-order valence-corrected chi connectivity index (χ2v) is 4.17. The highest BCUT2D eigenvalue weighted by atomic mass is 16.4. The van der Waals surface area contributed by atoms with Gasteiger partial charge in [0.15, 0.2) is 5.58 Å². The number of hydrogen-bond acceptors (Lipinski definition) is 3. The molecule has 0 amide bonds. The van der Waals surface area contributed by atoms with Gasteiger partial charge in [-0.15, -0.1) is 0 Å². The van der Waals surface area contributed by atoms with Crippen LogP contribution in [0.4, 0.5) is 0 Å². The molecular weight excluding hydrogens is 218 g/mol. The van der Waals surface area contributed by atoms with E-state index in [1.54, 1.807) is 12.1 Å². The summed E-state index contributed by atoms with van der Waals surface area (Å²) in [6.45, 7) is 3.92. The summed E-state index contributed by atoms with van der Waals surface area (Å²) in [5.41, 5.74) is 2.03. The van der Waals surface area contributed by atoms with Crippen molar-refractivity contribution >= 4 is 17.0 Å². The van der Waals surface area contributed by atoms with Gasteiger partial charge in [-0.1, -0.05) is 19.4 Å². The number of aryl methyl sites for hydroxylation is 1. The van der Waals surface area contributed by atoms with Crippen LogP contribution in [0.5, 0.6) is 0 Å². The Kier molecular flexibility index (Phi) is 3.13. The lowest BCUT2D eigenvalue weighted by molar-refractivity contribution is 0.0896. The van der Waals surface area contributed by atoms with Crippen molar-refractivity contribution in [2.75, 3.05) is 0 Å². The fourth-order valence-corrected chi connectivity index (χ4v) is 1.80. The Bertz CT molecular complexity index is 607. The fraction of sp³-hybridized carbons (Fsp3) is 0.385. The van der Waals surface area contributed by atoms with E-state index in [4.69, 9.17) is 4.42 Å². The van der Waals surface area contributed by atoms with E-state index < -0.39 is 5.76 Å². The second kappa shape index (κ2) is 4.57. The van der Waals surface area contributed by atoms with Gasteiger partial charge < -0.3 is 4.42 Å². The summed E-state index contributed by atoms with van der Waals surface area (Å²) in [4.78, 5) is 23.5. The van der Waals surface area contributed by atoms with Crippen molar-refractivity contribution < 1.29 is 9.21 Å². The molecule has 0 bridgehead atoms. The number of hydrogen-bond donors (Lipinski definition) is 0. The number of oxazole rings is 1. The van der Waals surface area contributed by atoms with Gasteiger partial charge in [-0.2, -0.15) is 0 Å². The number of unbranched alkanes of at least 4 members (excludes halogenated alkanes) is 1. The fourth-order valence-electron chi connectivity index (χ4n) is 1.80. The molecule has 0 atom stereocenters. The van der Waals surface area contributed by atoms with Crippen LogP contribution in [0.15, 0.2) is 27.4 Å². The van der Waals surface area contributed by atoms with Crippen LogP contribution in [0.3, 0.4) is 0 Å². The van der Waals surface area contributed by atoms with Crippen molar-refractivity contribution in [1.82, 2.24) is 4.57 Å². The minimum Gasteiger partial charge on any atom is -0.407 e. The smallest absolute Gasteiger partial charge is 0.407 e. The highest BCUT2D eigenvalue weighted by Gasteiger charge is 2.15. The van der Waals surface area contributed by atoms with Gasteiger partial charge in [0.1, 0.15) is 0 Å². The molecule has 0 aliphatic rings. The molecule has 0 aliphatic carbocycles. The SMILES string of the molecule is CCCCC(=O)n1c(=O)oc2cc(C)ccc21. The van der Waals surface area contributed by atoms with Crippen LogP contribution in [0.2, 0.25) is 0 Å². The lowest BCUT2D eigenvalue weighted by atomic mass is 10.2. The van der Waals surface area contributed by atoms with E-state index in [9.17, 15) is 9.59 Å². The Balaban J connectivity index is 2.50. The van der Waals surface area contributed by atoms with Gasteiger partial charge in [0, 0.05) is 6.42 Å². The van der Waals surface area contributed by atoms with E-state index in [1.165, 1.54) is 0 Å². The first-order chi connectivity index (χ1) is 8.13. The molecule has 0 N–H and O–H groups in total. The van der Waals surface area contributed by atoms with Crippen molar-refractivity contribution in [3.05, 3.63) is 34.3 Å². The zero-order valence-corrected chi connectivity index (χ0v) is 10.0. The van der Waals surface area contributed by atoms with Crippen molar-refractivity contribution in [1.29, 1.82) is 0 Å². The van der Waals surface area contributed by atoms with Crippen LogP contribution >= 0.6 is 0 Å². The molecule has 0 saturated heterocycles. The predicted octanol–water partition coefficient (Wildman–Crippen LogP) is 2.73. The highest BCUT2D eigenvalue weighted by molar-refractivity contribution is 5.89. The maximum atomic E-state index is 11.9. The van der Waals surface area contributed by atoms with E-state index in [0.29, 0.717) is 17.5 Å². The Hall–Kier alpha value is -1.84. The highest BCUT2D eigenvalue weighted by Crippen LogP contribution is 2.15. The lowest BCUT2D eigenvalue weighted by Gasteiger charge is -1.99. The number of carbonyl (C=O) groups is 1. The summed E-state index contributed by atoms with van der Waals surface area (Å²) in [6, 6.07) is 5.38. The van der Waals surface area contributed by atoms with Crippen molar-refractivity contribution in [2.45, 2.75) is 33.1 Å². The topological polar surface area (TPSA) is 52.2 Å². The van der Waals surface area contributed by atoms with Crippen molar-refractivity contribution in [3.8, 4) is 0 Å². The Morgan fingerprint density at radius 3 is 2.88 bits per heavy atom. The Labute approximate surface area is 98.8 Å². The van der Waals surface area contributed by atoms with Gasteiger partial charge in [-0.05, 0) is 31.0 Å². The third-order valence-corrected chi connectivity index (χ3v) is 2.73. The molecule has 17 heavy (non-hydrogen) atoms. The first-order valence-corrected chi connectivity index (χ1v) is 5.79. The Morgan fingerprint density at radius 2 is 2.18 bits per heavy atom. The molecular formula is C13H15NO3. The van der Waals surface area contributed by atoms with Gasteiger partial charge in [0.25, 0.3) is 0 Å².